The van der Waals surface area contributed by atoms with E-state index in [1.807, 2.05) is 19.1 Å². The van der Waals surface area contributed by atoms with E-state index >= 15 is 0 Å². The van der Waals surface area contributed by atoms with Crippen LogP contribution in [0.3, 0.4) is 0 Å². The van der Waals surface area contributed by atoms with Gasteiger partial charge in [-0.3, -0.25) is 4.90 Å². The van der Waals surface area contributed by atoms with Gasteiger partial charge in [0.15, 0.2) is 0 Å². The summed E-state index contributed by atoms with van der Waals surface area (Å²) in [5, 5.41) is 10.3. The molecular weight excluding hydrogens is 246 g/mol. The van der Waals surface area contributed by atoms with Crippen molar-refractivity contribution < 1.29 is 5.11 Å². The minimum Gasteiger partial charge on any atom is -0.387 e. The van der Waals surface area contributed by atoms with E-state index in [4.69, 9.17) is 0 Å². The van der Waals surface area contributed by atoms with Crippen LogP contribution in [0.25, 0.3) is 0 Å². The van der Waals surface area contributed by atoms with E-state index in [0.29, 0.717) is 6.54 Å². The van der Waals surface area contributed by atoms with Gasteiger partial charge in [-0.1, -0.05) is 60.7 Å². The Morgan fingerprint density at radius 2 is 1.45 bits per heavy atom. The molecule has 0 bridgehead atoms. The fourth-order valence-corrected chi connectivity index (χ4v) is 3.04. The summed E-state index contributed by atoms with van der Waals surface area (Å²) in [7, 11) is 0. The number of likely N-dealkylation sites (tertiary alicyclic amines) is 1. The van der Waals surface area contributed by atoms with Crippen LogP contribution in [-0.4, -0.2) is 28.2 Å². The van der Waals surface area contributed by atoms with Crippen LogP contribution in [0.1, 0.15) is 31.0 Å². The Hall–Kier alpha value is -1.64. The second kappa shape index (κ2) is 5.04. The highest BCUT2D eigenvalue weighted by atomic mass is 16.3. The molecule has 2 aromatic rings. The van der Waals surface area contributed by atoms with E-state index in [1.165, 1.54) is 11.1 Å². The summed E-state index contributed by atoms with van der Waals surface area (Å²) in [4.78, 5) is 2.37. The van der Waals surface area contributed by atoms with Crippen molar-refractivity contribution in [1.29, 1.82) is 0 Å². The Labute approximate surface area is 120 Å². The first-order chi connectivity index (χ1) is 9.59. The fraction of sp³-hybridized carbons (Fsp3) is 0.333. The highest BCUT2D eigenvalue weighted by Gasteiger charge is 2.48. The molecule has 0 saturated carbocycles. The van der Waals surface area contributed by atoms with Crippen LogP contribution >= 0.6 is 0 Å². The molecule has 0 unspecified atom stereocenters. The van der Waals surface area contributed by atoms with Crippen LogP contribution in [0.4, 0.5) is 0 Å². The summed E-state index contributed by atoms with van der Waals surface area (Å²) in [6.45, 7) is 4.73. The molecule has 1 saturated heterocycles. The van der Waals surface area contributed by atoms with Gasteiger partial charge in [0.2, 0.25) is 0 Å². The molecule has 1 N–H and O–H groups in total. The predicted octanol–water partition coefficient (Wildman–Crippen LogP) is 3.23. The highest BCUT2D eigenvalue weighted by Crippen LogP contribution is 2.40. The zero-order valence-electron chi connectivity index (χ0n) is 12.0. The van der Waals surface area contributed by atoms with Gasteiger partial charge < -0.3 is 5.11 Å². The lowest BCUT2D eigenvalue weighted by Crippen LogP contribution is -2.67. The summed E-state index contributed by atoms with van der Waals surface area (Å²) in [5.41, 5.74) is 1.98. The average Bonchev–Trinajstić information content (AvgIpc) is 2.48. The number of rotatable bonds is 3. The zero-order valence-corrected chi connectivity index (χ0v) is 12.0. The topological polar surface area (TPSA) is 23.5 Å². The molecule has 1 aliphatic heterocycles. The lowest BCUT2D eigenvalue weighted by molar-refractivity contribution is -0.145. The molecule has 1 fully saturated rings. The zero-order chi connectivity index (χ0) is 14.2. The van der Waals surface area contributed by atoms with Crippen LogP contribution < -0.4 is 0 Å². The van der Waals surface area contributed by atoms with Crippen LogP contribution in [-0.2, 0) is 0 Å². The molecule has 1 aliphatic rings. The quantitative estimate of drug-likeness (QED) is 0.923. The molecule has 2 aromatic carbocycles. The molecule has 2 atom stereocenters. The van der Waals surface area contributed by atoms with E-state index < -0.39 is 5.60 Å². The van der Waals surface area contributed by atoms with E-state index in [1.54, 1.807) is 0 Å². The molecule has 2 heteroatoms. The third-order valence-electron chi connectivity index (χ3n) is 4.46. The molecule has 0 aromatic heterocycles. The first kappa shape index (κ1) is 13.3. The standard InChI is InChI=1S/C18H21NO/c1-14-18(2,20)13-19(14)17(15-9-5-3-6-10-15)16-11-7-4-8-12-16/h3-12,14,17,20H,13H2,1-2H3/t14-,18-/m1/s1. The van der Waals surface area contributed by atoms with Crippen molar-refractivity contribution in [3.05, 3.63) is 71.8 Å². The number of β-amino-alcohol motifs (C(OH)–C–C–N with tert-alkyl or cyclic N) is 1. The fourth-order valence-electron chi connectivity index (χ4n) is 3.04. The number of hydrogen-bond acceptors (Lipinski definition) is 2. The van der Waals surface area contributed by atoms with Gasteiger partial charge in [-0.2, -0.15) is 0 Å². The molecule has 0 aliphatic carbocycles. The number of benzene rings is 2. The van der Waals surface area contributed by atoms with Gasteiger partial charge in [0, 0.05) is 12.6 Å². The molecule has 1 heterocycles. The Morgan fingerprint density at radius 1 is 1.00 bits per heavy atom. The maximum Gasteiger partial charge on any atom is 0.0898 e. The van der Waals surface area contributed by atoms with Crippen molar-refractivity contribution in [2.24, 2.45) is 0 Å². The maximum absolute atomic E-state index is 10.3. The Bertz CT molecular complexity index is 525. The van der Waals surface area contributed by atoms with Crippen molar-refractivity contribution >= 4 is 0 Å². The smallest absolute Gasteiger partial charge is 0.0898 e. The molecular formula is C18H21NO. The van der Waals surface area contributed by atoms with Crippen molar-refractivity contribution in [3.8, 4) is 0 Å². The monoisotopic (exact) mass is 267 g/mol. The van der Waals surface area contributed by atoms with Crippen LogP contribution in [0, 0.1) is 0 Å². The number of hydrogen-bond donors (Lipinski definition) is 1. The minimum absolute atomic E-state index is 0.160. The van der Waals surface area contributed by atoms with Crippen molar-refractivity contribution in [1.82, 2.24) is 4.90 Å². The highest BCUT2D eigenvalue weighted by molar-refractivity contribution is 5.33. The van der Waals surface area contributed by atoms with Gasteiger partial charge in [-0.25, -0.2) is 0 Å². The summed E-state index contributed by atoms with van der Waals surface area (Å²) in [5.74, 6) is 0. The lowest BCUT2D eigenvalue weighted by Gasteiger charge is -2.54. The normalized spacial score (nSPS) is 26.5. The van der Waals surface area contributed by atoms with Gasteiger partial charge in [-0.05, 0) is 25.0 Å². The van der Waals surface area contributed by atoms with Crippen LogP contribution in [0.5, 0.6) is 0 Å². The van der Waals surface area contributed by atoms with Crippen molar-refractivity contribution in [3.63, 3.8) is 0 Å². The van der Waals surface area contributed by atoms with E-state index in [2.05, 4.69) is 60.4 Å². The maximum atomic E-state index is 10.3. The summed E-state index contributed by atoms with van der Waals surface area (Å²) < 4.78 is 0. The van der Waals surface area contributed by atoms with Crippen molar-refractivity contribution in [2.75, 3.05) is 6.54 Å². The molecule has 104 valence electrons. The molecule has 0 amide bonds. The third-order valence-corrected chi connectivity index (χ3v) is 4.46. The molecule has 20 heavy (non-hydrogen) atoms. The van der Waals surface area contributed by atoms with Crippen molar-refractivity contribution in [2.45, 2.75) is 31.5 Å². The number of nitrogens with zero attached hydrogens (tertiary/aromatic N) is 1. The second-order valence-electron chi connectivity index (χ2n) is 5.93. The Kier molecular flexibility index (Phi) is 3.36. The molecule has 2 nitrogen and oxygen atoms in total. The Morgan fingerprint density at radius 3 is 1.80 bits per heavy atom. The second-order valence-corrected chi connectivity index (χ2v) is 5.93. The van der Waals surface area contributed by atoms with E-state index in [0.717, 1.165) is 0 Å². The summed E-state index contributed by atoms with van der Waals surface area (Å²) >= 11 is 0. The van der Waals surface area contributed by atoms with Crippen LogP contribution in [0.2, 0.25) is 0 Å². The number of aliphatic hydroxyl groups is 1. The lowest BCUT2D eigenvalue weighted by atomic mass is 9.82. The van der Waals surface area contributed by atoms with Gasteiger partial charge in [0.05, 0.1) is 11.6 Å². The third kappa shape index (κ3) is 2.26. The predicted molar refractivity (Wildman–Crippen MR) is 81.5 cm³/mol. The summed E-state index contributed by atoms with van der Waals surface area (Å²) in [6, 6.07) is 21.4. The average molecular weight is 267 g/mol. The van der Waals surface area contributed by atoms with Gasteiger partial charge >= 0.3 is 0 Å². The largest absolute Gasteiger partial charge is 0.387 e. The molecule has 3 rings (SSSR count). The van der Waals surface area contributed by atoms with Gasteiger partial charge in [0.25, 0.3) is 0 Å². The molecule has 0 radical (unpaired) electrons. The van der Waals surface area contributed by atoms with E-state index in [9.17, 15) is 5.11 Å². The van der Waals surface area contributed by atoms with Gasteiger partial charge in [-0.15, -0.1) is 0 Å². The molecule has 0 spiro atoms. The SMILES string of the molecule is C[C@H]1N(C(c2ccccc2)c2ccccc2)C[C@@]1(C)O. The summed E-state index contributed by atoms with van der Waals surface area (Å²) in [6.07, 6.45) is 0. The van der Waals surface area contributed by atoms with Crippen LogP contribution in [0.15, 0.2) is 60.7 Å². The minimum atomic E-state index is -0.582. The first-order valence-corrected chi connectivity index (χ1v) is 7.17. The van der Waals surface area contributed by atoms with Gasteiger partial charge in [0.1, 0.15) is 0 Å². The van der Waals surface area contributed by atoms with E-state index in [-0.39, 0.29) is 12.1 Å². The first-order valence-electron chi connectivity index (χ1n) is 7.17. The Balaban J connectivity index is 1.98.